The number of anilines is 1. The number of ether oxygens (including phenoxy) is 1. The molecule has 6 nitrogen and oxygen atoms in total. The summed E-state index contributed by atoms with van der Waals surface area (Å²) < 4.78 is 9.71. The molecule has 122 valence electrons. The molecule has 0 aliphatic heterocycles. The number of hydrogen-bond donors (Lipinski definition) is 1. The number of halogens is 1. The topological polar surface area (TPSA) is 81.4 Å². The van der Waals surface area contributed by atoms with E-state index in [0.29, 0.717) is 28.5 Å². The third-order valence-electron chi connectivity index (χ3n) is 3.44. The van der Waals surface area contributed by atoms with Gasteiger partial charge in [-0.05, 0) is 38.5 Å². The van der Waals surface area contributed by atoms with Gasteiger partial charge in [0.2, 0.25) is 5.91 Å². The average molecular weight is 337 g/mol. The Balaban J connectivity index is 2.04. The van der Waals surface area contributed by atoms with Gasteiger partial charge in [-0.25, -0.2) is 4.79 Å². The number of hydrogen-bond acceptors (Lipinski definition) is 5. The Morgan fingerprint density at radius 3 is 2.70 bits per heavy atom. The molecule has 2 rings (SSSR count). The number of methoxy groups -OCH3 is 1. The van der Waals surface area contributed by atoms with Crippen LogP contribution in [0.4, 0.5) is 5.69 Å². The van der Waals surface area contributed by atoms with Crippen LogP contribution in [0.15, 0.2) is 22.7 Å². The first kappa shape index (κ1) is 17.0. The van der Waals surface area contributed by atoms with E-state index in [4.69, 9.17) is 16.1 Å². The molecule has 1 aromatic heterocycles. The van der Waals surface area contributed by atoms with Crippen molar-refractivity contribution < 1.29 is 18.8 Å². The molecule has 1 N–H and O–H groups in total. The van der Waals surface area contributed by atoms with Gasteiger partial charge in [-0.2, -0.15) is 0 Å². The summed E-state index contributed by atoms with van der Waals surface area (Å²) in [5, 5.41) is 6.90. The van der Waals surface area contributed by atoms with Crippen molar-refractivity contribution in [2.75, 3.05) is 12.4 Å². The van der Waals surface area contributed by atoms with Gasteiger partial charge < -0.3 is 14.6 Å². The van der Waals surface area contributed by atoms with E-state index in [1.165, 1.54) is 25.3 Å². The van der Waals surface area contributed by atoms with Crippen LogP contribution in [0.5, 0.6) is 0 Å². The highest BCUT2D eigenvalue weighted by atomic mass is 35.5. The number of nitrogens with one attached hydrogen (secondary N) is 1. The lowest BCUT2D eigenvalue weighted by Crippen LogP contribution is -2.14. The Kier molecular flexibility index (Phi) is 5.39. The summed E-state index contributed by atoms with van der Waals surface area (Å²) in [5.41, 5.74) is 2.40. The molecular formula is C16H17ClN2O4. The summed E-state index contributed by atoms with van der Waals surface area (Å²) in [6.45, 7) is 3.64. The number of amides is 1. The number of aromatic nitrogens is 1. The van der Waals surface area contributed by atoms with E-state index >= 15 is 0 Å². The summed E-state index contributed by atoms with van der Waals surface area (Å²) >= 11 is 6.05. The standard InChI is InChI=1S/C16H17ClN2O4/c1-9-12(10(2)23-19-9)5-7-15(20)18-14-8-11(16(21)22-3)4-6-13(14)17/h4,6,8H,5,7H2,1-3H3,(H,18,20). The van der Waals surface area contributed by atoms with Crippen LogP contribution in [0.2, 0.25) is 5.02 Å². The van der Waals surface area contributed by atoms with Gasteiger partial charge >= 0.3 is 5.97 Å². The van der Waals surface area contributed by atoms with Crippen LogP contribution in [0.3, 0.4) is 0 Å². The predicted molar refractivity (Wildman–Crippen MR) is 85.7 cm³/mol. The third kappa shape index (κ3) is 4.10. The van der Waals surface area contributed by atoms with Crippen LogP contribution < -0.4 is 5.32 Å². The highest BCUT2D eigenvalue weighted by Crippen LogP contribution is 2.24. The quantitative estimate of drug-likeness (QED) is 0.847. The largest absolute Gasteiger partial charge is 0.465 e. The van der Waals surface area contributed by atoms with Gasteiger partial charge in [0.25, 0.3) is 0 Å². The van der Waals surface area contributed by atoms with Crippen LogP contribution in [-0.2, 0) is 16.0 Å². The van der Waals surface area contributed by atoms with E-state index in [1.54, 1.807) is 0 Å². The van der Waals surface area contributed by atoms with Crippen molar-refractivity contribution in [2.45, 2.75) is 26.7 Å². The van der Waals surface area contributed by atoms with Gasteiger partial charge in [-0.15, -0.1) is 0 Å². The second kappa shape index (κ2) is 7.28. The lowest BCUT2D eigenvalue weighted by atomic mass is 10.1. The van der Waals surface area contributed by atoms with Crippen LogP contribution in [0, 0.1) is 13.8 Å². The highest BCUT2D eigenvalue weighted by molar-refractivity contribution is 6.33. The molecule has 0 aliphatic carbocycles. The summed E-state index contributed by atoms with van der Waals surface area (Å²) in [6.07, 6.45) is 0.767. The Hall–Kier alpha value is -2.34. The highest BCUT2D eigenvalue weighted by Gasteiger charge is 2.14. The van der Waals surface area contributed by atoms with E-state index < -0.39 is 5.97 Å². The molecule has 1 heterocycles. The molecule has 0 bridgehead atoms. The van der Waals surface area contributed by atoms with Crippen molar-refractivity contribution in [1.29, 1.82) is 0 Å². The molecule has 0 spiro atoms. The molecule has 0 saturated carbocycles. The maximum Gasteiger partial charge on any atom is 0.337 e. The second-order valence-electron chi connectivity index (χ2n) is 5.04. The molecule has 1 aromatic carbocycles. The normalized spacial score (nSPS) is 10.4. The predicted octanol–water partition coefficient (Wildman–Crippen LogP) is 3.30. The molecule has 7 heteroatoms. The second-order valence-corrected chi connectivity index (χ2v) is 5.44. The number of carbonyl (C=O) groups is 2. The molecular weight excluding hydrogens is 320 g/mol. The fraction of sp³-hybridized carbons (Fsp3) is 0.312. The molecule has 0 radical (unpaired) electrons. The Morgan fingerprint density at radius 1 is 1.35 bits per heavy atom. The van der Waals surface area contributed by atoms with Crippen LogP contribution >= 0.6 is 11.6 Å². The van der Waals surface area contributed by atoms with Crippen LogP contribution in [0.25, 0.3) is 0 Å². The first-order chi connectivity index (χ1) is 10.9. The van der Waals surface area contributed by atoms with E-state index in [1.807, 2.05) is 13.8 Å². The molecule has 1 amide bonds. The van der Waals surface area contributed by atoms with Crippen LogP contribution in [-0.4, -0.2) is 24.1 Å². The minimum Gasteiger partial charge on any atom is -0.465 e. The Bertz CT molecular complexity index is 720. The third-order valence-corrected chi connectivity index (χ3v) is 3.77. The van der Waals surface area contributed by atoms with Crippen molar-refractivity contribution in [2.24, 2.45) is 0 Å². The minimum absolute atomic E-state index is 0.214. The zero-order valence-electron chi connectivity index (χ0n) is 13.1. The Morgan fingerprint density at radius 2 is 2.09 bits per heavy atom. The zero-order chi connectivity index (χ0) is 17.0. The van der Waals surface area contributed by atoms with Gasteiger partial charge in [0.05, 0.1) is 29.1 Å². The number of carbonyl (C=O) groups excluding carboxylic acids is 2. The maximum atomic E-state index is 12.1. The van der Waals surface area contributed by atoms with Crippen molar-refractivity contribution in [1.82, 2.24) is 5.16 Å². The Labute approximate surface area is 138 Å². The average Bonchev–Trinajstić information content (AvgIpc) is 2.85. The molecule has 0 saturated heterocycles. The van der Waals surface area contributed by atoms with Crippen molar-refractivity contribution in [3.8, 4) is 0 Å². The number of benzene rings is 1. The van der Waals surface area contributed by atoms with Crippen molar-refractivity contribution in [3.63, 3.8) is 0 Å². The number of rotatable bonds is 5. The minimum atomic E-state index is -0.493. The fourth-order valence-corrected chi connectivity index (χ4v) is 2.34. The first-order valence-corrected chi connectivity index (χ1v) is 7.39. The summed E-state index contributed by atoms with van der Waals surface area (Å²) in [4.78, 5) is 23.6. The summed E-state index contributed by atoms with van der Waals surface area (Å²) in [7, 11) is 1.29. The SMILES string of the molecule is COC(=O)c1ccc(Cl)c(NC(=O)CCc2c(C)noc2C)c1. The molecule has 0 unspecified atom stereocenters. The van der Waals surface area contributed by atoms with Crippen molar-refractivity contribution >= 4 is 29.2 Å². The summed E-state index contributed by atoms with van der Waals surface area (Å²) in [6, 6.07) is 4.56. The summed E-state index contributed by atoms with van der Waals surface area (Å²) in [5.74, 6) is 0.00261. The van der Waals surface area contributed by atoms with E-state index in [-0.39, 0.29) is 12.3 Å². The van der Waals surface area contributed by atoms with Gasteiger partial charge in [-0.1, -0.05) is 16.8 Å². The molecule has 0 atom stereocenters. The van der Waals surface area contributed by atoms with Crippen molar-refractivity contribution in [3.05, 3.63) is 45.8 Å². The smallest absolute Gasteiger partial charge is 0.337 e. The first-order valence-electron chi connectivity index (χ1n) is 7.02. The van der Waals surface area contributed by atoms with Crippen LogP contribution in [0.1, 0.15) is 33.8 Å². The monoisotopic (exact) mass is 336 g/mol. The van der Waals surface area contributed by atoms with Gasteiger partial charge in [0.15, 0.2) is 0 Å². The number of nitrogens with zero attached hydrogens (tertiary/aromatic N) is 1. The maximum absolute atomic E-state index is 12.1. The number of aryl methyl sites for hydroxylation is 2. The molecule has 0 fully saturated rings. The van der Waals surface area contributed by atoms with Gasteiger partial charge in [0, 0.05) is 12.0 Å². The number of esters is 1. The fourth-order valence-electron chi connectivity index (χ4n) is 2.18. The van der Waals surface area contributed by atoms with E-state index in [2.05, 4.69) is 15.2 Å². The van der Waals surface area contributed by atoms with Gasteiger partial charge in [-0.3, -0.25) is 4.79 Å². The zero-order valence-corrected chi connectivity index (χ0v) is 13.9. The van der Waals surface area contributed by atoms with E-state index in [0.717, 1.165) is 11.3 Å². The van der Waals surface area contributed by atoms with E-state index in [9.17, 15) is 9.59 Å². The lowest BCUT2D eigenvalue weighted by molar-refractivity contribution is -0.116. The molecule has 2 aromatic rings. The van der Waals surface area contributed by atoms with Gasteiger partial charge in [0.1, 0.15) is 5.76 Å². The lowest BCUT2D eigenvalue weighted by Gasteiger charge is -2.09. The molecule has 0 aliphatic rings. The molecule has 23 heavy (non-hydrogen) atoms.